The minimum absolute atomic E-state index is 0.0309. The highest BCUT2D eigenvalue weighted by atomic mass is 16.5. The average molecular weight is 483 g/mol. The average Bonchev–Trinajstić information content (AvgIpc) is 2.83. The monoisotopic (exact) mass is 482 g/mol. The number of rotatable bonds is 4. The topological polar surface area (TPSA) is 101 Å². The Morgan fingerprint density at radius 1 is 1.23 bits per heavy atom. The molecule has 9 nitrogen and oxygen atoms in total. The van der Waals surface area contributed by atoms with Crippen molar-refractivity contribution in [1.82, 2.24) is 14.8 Å². The molecule has 0 radical (unpaired) electrons. The second-order valence-electron chi connectivity index (χ2n) is 9.07. The lowest BCUT2D eigenvalue weighted by Gasteiger charge is -2.36. The molecule has 3 rings (SSSR count). The normalized spacial score (nSPS) is 21.3. The molecule has 0 bridgehead atoms. The first-order valence-electron chi connectivity index (χ1n) is 11.7. The van der Waals surface area contributed by atoms with Crippen LogP contribution in [-0.2, 0) is 20.7 Å². The first-order chi connectivity index (χ1) is 16.7. The number of anilines is 1. The van der Waals surface area contributed by atoms with Gasteiger partial charge in [-0.05, 0) is 30.7 Å². The molecule has 1 aliphatic rings. The molecule has 2 heterocycles. The third-order valence-corrected chi connectivity index (χ3v) is 6.17. The Hall–Kier alpha value is -3.46. The SMILES string of the molecule is CO[C@H]1CN(C)C(=O)c2ccc(NC(C)=O)cc2OC[C@@H](C)N(C(=O)Cc2cccnc2)C[C@@H]1C. The molecule has 1 aromatic heterocycles. The van der Waals surface area contributed by atoms with Gasteiger partial charge in [-0.1, -0.05) is 13.0 Å². The maximum atomic E-state index is 13.4. The highest BCUT2D eigenvalue weighted by molar-refractivity contribution is 5.98. The summed E-state index contributed by atoms with van der Waals surface area (Å²) in [7, 11) is 3.33. The number of likely N-dealkylation sites (N-methyl/N-ethyl adjacent to an activating group) is 1. The van der Waals surface area contributed by atoms with Crippen LogP contribution in [-0.4, -0.2) is 78.5 Å². The summed E-state index contributed by atoms with van der Waals surface area (Å²) in [4.78, 5) is 45.7. The van der Waals surface area contributed by atoms with E-state index in [1.807, 2.05) is 30.9 Å². The maximum absolute atomic E-state index is 13.4. The Labute approximate surface area is 206 Å². The van der Waals surface area contributed by atoms with E-state index in [1.165, 1.54) is 6.92 Å². The molecule has 9 heteroatoms. The van der Waals surface area contributed by atoms with E-state index in [-0.39, 0.29) is 48.8 Å². The molecule has 1 aromatic carbocycles. The quantitative estimate of drug-likeness (QED) is 0.719. The zero-order valence-electron chi connectivity index (χ0n) is 21.0. The van der Waals surface area contributed by atoms with Gasteiger partial charge in [0.2, 0.25) is 11.8 Å². The van der Waals surface area contributed by atoms with Gasteiger partial charge in [0.25, 0.3) is 5.91 Å². The lowest BCUT2D eigenvalue weighted by atomic mass is 10.0. The van der Waals surface area contributed by atoms with Gasteiger partial charge in [-0.2, -0.15) is 0 Å². The molecule has 3 atom stereocenters. The van der Waals surface area contributed by atoms with E-state index in [0.717, 1.165) is 5.56 Å². The van der Waals surface area contributed by atoms with Crippen molar-refractivity contribution in [2.75, 3.05) is 39.2 Å². The number of hydrogen-bond acceptors (Lipinski definition) is 6. The van der Waals surface area contributed by atoms with Gasteiger partial charge in [-0.15, -0.1) is 0 Å². The van der Waals surface area contributed by atoms with Crippen LogP contribution in [0, 0.1) is 5.92 Å². The molecule has 0 fully saturated rings. The van der Waals surface area contributed by atoms with Gasteiger partial charge in [0.05, 0.1) is 24.1 Å². The minimum Gasteiger partial charge on any atom is -0.491 e. The molecule has 0 saturated carbocycles. The number of nitrogens with one attached hydrogen (secondary N) is 1. The van der Waals surface area contributed by atoms with Crippen molar-refractivity contribution in [3.8, 4) is 5.75 Å². The van der Waals surface area contributed by atoms with E-state index in [0.29, 0.717) is 30.1 Å². The number of aromatic nitrogens is 1. The molecule has 1 N–H and O–H groups in total. The lowest BCUT2D eigenvalue weighted by molar-refractivity contribution is -0.134. The maximum Gasteiger partial charge on any atom is 0.257 e. The van der Waals surface area contributed by atoms with Gasteiger partial charge in [0.15, 0.2) is 0 Å². The fourth-order valence-corrected chi connectivity index (χ4v) is 4.18. The van der Waals surface area contributed by atoms with Gasteiger partial charge in [-0.25, -0.2) is 0 Å². The van der Waals surface area contributed by atoms with E-state index >= 15 is 0 Å². The van der Waals surface area contributed by atoms with Gasteiger partial charge in [-0.3, -0.25) is 19.4 Å². The van der Waals surface area contributed by atoms with Crippen molar-refractivity contribution in [3.63, 3.8) is 0 Å². The van der Waals surface area contributed by atoms with Crippen LogP contribution in [0.4, 0.5) is 5.69 Å². The molecule has 0 unspecified atom stereocenters. The highest BCUT2D eigenvalue weighted by Gasteiger charge is 2.30. The summed E-state index contributed by atoms with van der Waals surface area (Å²) in [6.07, 6.45) is 3.32. The fourth-order valence-electron chi connectivity index (χ4n) is 4.18. The number of pyridine rings is 1. The molecule has 35 heavy (non-hydrogen) atoms. The molecule has 2 aromatic rings. The second-order valence-corrected chi connectivity index (χ2v) is 9.07. The van der Waals surface area contributed by atoms with Crippen LogP contribution in [0.5, 0.6) is 5.75 Å². The van der Waals surface area contributed by atoms with Crippen molar-refractivity contribution in [1.29, 1.82) is 0 Å². The number of carbonyl (C=O) groups excluding carboxylic acids is 3. The molecule has 1 aliphatic heterocycles. The van der Waals surface area contributed by atoms with Crippen molar-refractivity contribution in [2.24, 2.45) is 5.92 Å². The van der Waals surface area contributed by atoms with Crippen LogP contribution in [0.2, 0.25) is 0 Å². The van der Waals surface area contributed by atoms with Crippen molar-refractivity contribution >= 4 is 23.4 Å². The molecule has 0 aliphatic carbocycles. The van der Waals surface area contributed by atoms with Crippen molar-refractivity contribution in [3.05, 3.63) is 53.9 Å². The summed E-state index contributed by atoms with van der Waals surface area (Å²) in [5, 5.41) is 2.72. The first kappa shape index (κ1) is 26.2. The van der Waals surface area contributed by atoms with Gasteiger partial charge < -0.3 is 24.6 Å². The predicted molar refractivity (Wildman–Crippen MR) is 132 cm³/mol. The fraction of sp³-hybridized carbons (Fsp3) is 0.462. The molecule has 188 valence electrons. The molecular weight excluding hydrogens is 448 g/mol. The number of amides is 3. The highest BCUT2D eigenvalue weighted by Crippen LogP contribution is 2.27. The standard InChI is InChI=1S/C26H34N4O5/c1-17-14-30(25(32)11-20-7-6-10-27-13-20)18(2)16-35-23-12-21(28-19(3)31)8-9-22(23)26(33)29(4)15-24(17)34-5/h6-10,12-13,17-18,24H,11,14-16H2,1-5H3,(H,28,31)/t17-,18+,24-/m0/s1. The predicted octanol–water partition coefficient (Wildman–Crippen LogP) is 2.62. The summed E-state index contributed by atoms with van der Waals surface area (Å²) in [6, 6.07) is 8.37. The van der Waals surface area contributed by atoms with E-state index in [4.69, 9.17) is 9.47 Å². The first-order valence-corrected chi connectivity index (χ1v) is 11.7. The largest absolute Gasteiger partial charge is 0.491 e. The number of hydrogen-bond donors (Lipinski definition) is 1. The van der Waals surface area contributed by atoms with Crippen LogP contribution >= 0.6 is 0 Å². The minimum atomic E-state index is -0.274. The lowest BCUT2D eigenvalue weighted by Crippen LogP contribution is -2.49. The summed E-state index contributed by atoms with van der Waals surface area (Å²) in [5.41, 5.74) is 1.74. The van der Waals surface area contributed by atoms with Crippen molar-refractivity contribution in [2.45, 2.75) is 39.3 Å². The van der Waals surface area contributed by atoms with Gasteiger partial charge in [0, 0.05) is 64.2 Å². The van der Waals surface area contributed by atoms with E-state index < -0.39 is 0 Å². The second kappa shape index (κ2) is 11.8. The number of fused-ring (bicyclic) bond motifs is 1. The molecule has 0 spiro atoms. The Kier molecular flexibility index (Phi) is 8.81. The number of methoxy groups -OCH3 is 1. The van der Waals surface area contributed by atoms with Gasteiger partial charge >= 0.3 is 0 Å². The van der Waals surface area contributed by atoms with Crippen LogP contribution in [0.1, 0.15) is 36.7 Å². The molecule has 0 saturated heterocycles. The molecular formula is C26H34N4O5. The van der Waals surface area contributed by atoms with Crippen LogP contribution < -0.4 is 10.1 Å². The Bertz CT molecular complexity index is 1050. The Morgan fingerprint density at radius 3 is 2.66 bits per heavy atom. The van der Waals surface area contributed by atoms with E-state index in [1.54, 1.807) is 49.7 Å². The van der Waals surface area contributed by atoms with E-state index in [9.17, 15) is 14.4 Å². The third-order valence-electron chi connectivity index (χ3n) is 6.17. The number of carbonyl (C=O) groups is 3. The Morgan fingerprint density at radius 2 is 2.00 bits per heavy atom. The summed E-state index contributed by atoms with van der Waals surface area (Å²) in [5.74, 6) is -0.149. The summed E-state index contributed by atoms with van der Waals surface area (Å²) >= 11 is 0. The smallest absolute Gasteiger partial charge is 0.257 e. The zero-order chi connectivity index (χ0) is 25.5. The number of nitrogens with zero attached hydrogens (tertiary/aromatic N) is 3. The van der Waals surface area contributed by atoms with Crippen molar-refractivity contribution < 1.29 is 23.9 Å². The Balaban J connectivity index is 1.94. The number of ether oxygens (including phenoxy) is 2. The number of benzene rings is 1. The van der Waals surface area contributed by atoms with Gasteiger partial charge in [0.1, 0.15) is 12.4 Å². The zero-order valence-corrected chi connectivity index (χ0v) is 21.0. The summed E-state index contributed by atoms with van der Waals surface area (Å²) in [6.45, 7) is 6.33. The van der Waals surface area contributed by atoms with E-state index in [2.05, 4.69) is 10.3 Å². The van der Waals surface area contributed by atoms with Crippen LogP contribution in [0.3, 0.4) is 0 Å². The summed E-state index contributed by atoms with van der Waals surface area (Å²) < 4.78 is 11.8. The molecule has 3 amide bonds. The third kappa shape index (κ3) is 6.79. The van der Waals surface area contributed by atoms with Crippen LogP contribution in [0.25, 0.3) is 0 Å². The van der Waals surface area contributed by atoms with Crippen LogP contribution in [0.15, 0.2) is 42.7 Å².